The molecule has 3 aromatic rings. The second-order valence-corrected chi connectivity index (χ2v) is 5.94. The maximum Gasteiger partial charge on any atom is 0.231 e. The van der Waals surface area contributed by atoms with Crippen LogP contribution in [0.25, 0.3) is 11.0 Å². The van der Waals surface area contributed by atoms with E-state index in [1.165, 1.54) is 0 Å². The number of hydrogen-bond acceptors (Lipinski definition) is 6. The van der Waals surface area contributed by atoms with E-state index < -0.39 is 0 Å². The molecule has 0 saturated carbocycles. The predicted molar refractivity (Wildman–Crippen MR) is 98.0 cm³/mol. The monoisotopic (exact) mass is 355 g/mol. The molecule has 2 N–H and O–H groups in total. The Morgan fingerprint density at radius 2 is 2.04 bits per heavy atom. The first kappa shape index (κ1) is 16.5. The van der Waals surface area contributed by atoms with Gasteiger partial charge in [-0.3, -0.25) is 0 Å². The van der Waals surface area contributed by atoms with Gasteiger partial charge in [-0.1, -0.05) is 12.1 Å². The molecular weight excluding hydrogens is 334 g/mol. The van der Waals surface area contributed by atoms with Crippen molar-refractivity contribution in [1.82, 2.24) is 9.55 Å². The van der Waals surface area contributed by atoms with Crippen LogP contribution in [0.3, 0.4) is 0 Å². The number of rotatable bonds is 8. The molecule has 4 rings (SSSR count). The lowest BCUT2D eigenvalue weighted by Gasteiger charge is -2.11. The summed E-state index contributed by atoms with van der Waals surface area (Å²) in [6, 6.07) is 13.6. The minimum atomic E-state index is 0.0659. The van der Waals surface area contributed by atoms with Crippen LogP contribution in [0.5, 0.6) is 17.2 Å². The highest BCUT2D eigenvalue weighted by Crippen LogP contribution is 2.35. The number of aryl methyl sites for hydroxylation is 1. The van der Waals surface area contributed by atoms with E-state index in [4.69, 9.17) is 19.3 Å². The Morgan fingerprint density at radius 3 is 2.96 bits per heavy atom. The number of fused-ring (bicyclic) bond motifs is 2. The number of nitrogens with zero attached hydrogens (tertiary/aromatic N) is 2. The average Bonchev–Trinajstić information content (AvgIpc) is 3.27. The largest absolute Gasteiger partial charge is 0.493 e. The minimum absolute atomic E-state index is 0.0659. The van der Waals surface area contributed by atoms with Crippen molar-refractivity contribution in [3.05, 3.63) is 42.5 Å². The van der Waals surface area contributed by atoms with E-state index in [9.17, 15) is 0 Å². The second kappa shape index (κ2) is 7.53. The second-order valence-electron chi connectivity index (χ2n) is 5.94. The van der Waals surface area contributed by atoms with Crippen molar-refractivity contribution in [2.45, 2.75) is 13.0 Å². The zero-order chi connectivity index (χ0) is 17.8. The third-order valence-corrected chi connectivity index (χ3v) is 4.19. The first-order chi connectivity index (χ1) is 12.8. The van der Waals surface area contributed by atoms with Crippen molar-refractivity contribution >= 4 is 17.0 Å². The van der Waals surface area contributed by atoms with Gasteiger partial charge in [0.2, 0.25) is 12.7 Å². The van der Waals surface area contributed by atoms with E-state index in [2.05, 4.69) is 14.9 Å². The summed E-state index contributed by atoms with van der Waals surface area (Å²) in [5, 5.41) is 12.2. The fourth-order valence-corrected chi connectivity index (χ4v) is 2.98. The molecular formula is C19H21N3O4. The quantitative estimate of drug-likeness (QED) is 0.605. The number of imidazole rings is 1. The minimum Gasteiger partial charge on any atom is -0.493 e. The van der Waals surface area contributed by atoms with Crippen molar-refractivity contribution < 1.29 is 19.3 Å². The van der Waals surface area contributed by atoms with Crippen LogP contribution in [0.2, 0.25) is 0 Å². The summed E-state index contributed by atoms with van der Waals surface area (Å²) in [5.41, 5.74) is 2.00. The van der Waals surface area contributed by atoms with Crippen molar-refractivity contribution in [3.8, 4) is 17.2 Å². The Labute approximate surface area is 151 Å². The number of hydrogen-bond donors (Lipinski definition) is 2. The lowest BCUT2D eigenvalue weighted by Crippen LogP contribution is -2.12. The number of aliphatic hydroxyl groups excluding tert-OH is 1. The molecule has 0 saturated heterocycles. The van der Waals surface area contributed by atoms with Gasteiger partial charge < -0.3 is 29.2 Å². The Bertz CT molecular complexity index is 894. The van der Waals surface area contributed by atoms with Gasteiger partial charge in [0.1, 0.15) is 5.75 Å². The summed E-state index contributed by atoms with van der Waals surface area (Å²) in [6.45, 7) is 2.13. The fraction of sp³-hybridized carbons (Fsp3) is 0.316. The summed E-state index contributed by atoms with van der Waals surface area (Å²) in [6.07, 6.45) is 0.822. The number of ether oxygens (including phenoxy) is 3. The number of aliphatic hydroxyl groups is 1. The molecule has 136 valence electrons. The maximum absolute atomic E-state index is 9.06. The summed E-state index contributed by atoms with van der Waals surface area (Å²) in [7, 11) is 0. The Kier molecular flexibility index (Phi) is 4.79. The molecule has 0 unspecified atom stereocenters. The molecule has 0 bridgehead atoms. The van der Waals surface area contributed by atoms with Gasteiger partial charge in [0.25, 0.3) is 0 Å². The number of para-hydroxylation sites is 2. The van der Waals surface area contributed by atoms with Crippen molar-refractivity contribution in [3.63, 3.8) is 0 Å². The molecule has 7 nitrogen and oxygen atoms in total. The van der Waals surface area contributed by atoms with Gasteiger partial charge in [0.15, 0.2) is 11.5 Å². The number of anilines is 1. The third-order valence-electron chi connectivity index (χ3n) is 4.19. The lowest BCUT2D eigenvalue weighted by atomic mass is 10.3. The van der Waals surface area contributed by atoms with Crippen molar-refractivity contribution in [2.24, 2.45) is 0 Å². The van der Waals surface area contributed by atoms with Gasteiger partial charge in [-0.05, 0) is 30.7 Å². The van der Waals surface area contributed by atoms with Crippen LogP contribution in [0.4, 0.5) is 5.95 Å². The molecule has 0 spiro atoms. The first-order valence-electron chi connectivity index (χ1n) is 8.67. The molecule has 0 amide bonds. The summed E-state index contributed by atoms with van der Waals surface area (Å²) in [5.74, 6) is 3.01. The highest BCUT2D eigenvalue weighted by atomic mass is 16.7. The van der Waals surface area contributed by atoms with E-state index >= 15 is 0 Å². The molecule has 1 aliphatic heterocycles. The zero-order valence-electron chi connectivity index (χ0n) is 14.4. The Hall–Kier alpha value is -2.93. The molecule has 0 radical (unpaired) electrons. The molecule has 0 aliphatic carbocycles. The molecule has 7 heteroatoms. The molecule has 26 heavy (non-hydrogen) atoms. The fourth-order valence-electron chi connectivity index (χ4n) is 2.98. The van der Waals surface area contributed by atoms with Crippen molar-refractivity contribution in [1.29, 1.82) is 0 Å². The van der Waals surface area contributed by atoms with Gasteiger partial charge in [-0.2, -0.15) is 0 Å². The van der Waals surface area contributed by atoms with Crippen LogP contribution in [0.15, 0.2) is 42.5 Å². The maximum atomic E-state index is 9.06. The van der Waals surface area contributed by atoms with Crippen LogP contribution < -0.4 is 19.5 Å². The van der Waals surface area contributed by atoms with E-state index in [0.717, 1.165) is 47.2 Å². The molecule has 1 aromatic heterocycles. The van der Waals surface area contributed by atoms with Crippen molar-refractivity contribution in [2.75, 3.05) is 31.9 Å². The summed E-state index contributed by atoms with van der Waals surface area (Å²) in [4.78, 5) is 4.60. The Balaban J connectivity index is 1.39. The molecule has 1 aliphatic rings. The molecule has 2 heterocycles. The van der Waals surface area contributed by atoms with E-state index in [1.807, 2.05) is 42.5 Å². The molecule has 0 fully saturated rings. The summed E-state index contributed by atoms with van der Waals surface area (Å²) >= 11 is 0. The van der Waals surface area contributed by atoms with Gasteiger partial charge in [-0.15, -0.1) is 0 Å². The standard InChI is InChI=1S/C19H21N3O4/c23-10-8-20-19-21-15-4-1-2-5-16(15)22(19)9-3-11-24-14-6-7-17-18(12-14)26-13-25-17/h1-2,4-7,12,23H,3,8-11,13H2,(H,20,21). The van der Waals surface area contributed by atoms with Crippen LogP contribution in [0.1, 0.15) is 6.42 Å². The van der Waals surface area contributed by atoms with Gasteiger partial charge in [0, 0.05) is 19.2 Å². The third kappa shape index (κ3) is 3.39. The highest BCUT2D eigenvalue weighted by Gasteiger charge is 2.14. The normalized spacial score (nSPS) is 12.5. The SMILES string of the molecule is OCCNc1nc2ccccc2n1CCCOc1ccc2c(c1)OCO2. The Morgan fingerprint density at radius 1 is 1.15 bits per heavy atom. The van der Waals surface area contributed by atoms with E-state index in [0.29, 0.717) is 13.2 Å². The number of benzene rings is 2. The highest BCUT2D eigenvalue weighted by molar-refractivity contribution is 5.78. The van der Waals surface area contributed by atoms with Gasteiger partial charge in [0.05, 0.1) is 24.2 Å². The van der Waals surface area contributed by atoms with Crippen LogP contribution >= 0.6 is 0 Å². The van der Waals surface area contributed by atoms with Crippen LogP contribution in [0, 0.1) is 0 Å². The molecule has 2 aromatic carbocycles. The summed E-state index contributed by atoms with van der Waals surface area (Å²) < 4.78 is 18.6. The first-order valence-corrected chi connectivity index (χ1v) is 8.67. The van der Waals surface area contributed by atoms with E-state index in [-0.39, 0.29) is 13.4 Å². The van der Waals surface area contributed by atoms with Gasteiger partial charge in [-0.25, -0.2) is 4.98 Å². The van der Waals surface area contributed by atoms with Crippen LogP contribution in [-0.2, 0) is 6.54 Å². The lowest BCUT2D eigenvalue weighted by molar-refractivity contribution is 0.173. The number of nitrogens with one attached hydrogen (secondary N) is 1. The van der Waals surface area contributed by atoms with Crippen LogP contribution in [-0.4, -0.2) is 41.2 Å². The number of aromatic nitrogens is 2. The topological polar surface area (TPSA) is 77.8 Å². The molecule has 0 atom stereocenters. The smallest absolute Gasteiger partial charge is 0.231 e. The predicted octanol–water partition coefficient (Wildman–Crippen LogP) is 2.64. The zero-order valence-corrected chi connectivity index (χ0v) is 14.4. The van der Waals surface area contributed by atoms with E-state index in [1.54, 1.807) is 0 Å². The average molecular weight is 355 g/mol. The van der Waals surface area contributed by atoms with Gasteiger partial charge >= 0.3 is 0 Å².